The smallest absolute Gasteiger partial charge is 0.353 e. The van der Waals surface area contributed by atoms with Crippen molar-refractivity contribution < 1.29 is 39.6 Å². The van der Waals surface area contributed by atoms with Crippen molar-refractivity contribution in [2.24, 2.45) is 5.92 Å². The van der Waals surface area contributed by atoms with Gasteiger partial charge in [-0.1, -0.05) is 6.07 Å². The van der Waals surface area contributed by atoms with Gasteiger partial charge >= 0.3 is 11.9 Å². The predicted molar refractivity (Wildman–Crippen MR) is 121 cm³/mol. The first-order valence-corrected chi connectivity index (χ1v) is 11.6. The Hall–Kier alpha value is -2.93. The molecule has 3 heterocycles. The average molecular weight is 492 g/mol. The summed E-state index contributed by atoms with van der Waals surface area (Å²) in [5, 5.41) is 45.5. The van der Waals surface area contributed by atoms with Gasteiger partial charge in [-0.2, -0.15) is 0 Å². The van der Waals surface area contributed by atoms with Gasteiger partial charge in [-0.05, 0) is 38.5 Å². The van der Waals surface area contributed by atoms with E-state index >= 15 is 0 Å². The fourth-order valence-electron chi connectivity index (χ4n) is 4.81. The number of β-lactam (4-membered cyclic amide) rings is 1. The SMILES string of the molecule is C[C@@H](O)[C@H]1C(=O)N2C(C(=O)O)=C(S[C@@H]3CN[C@H](C(=O)Nc4cccc(C(=O)O)c4)C3)C(C)(O)[C@H]12. The Morgan fingerprint density at radius 1 is 1.26 bits per heavy atom. The van der Waals surface area contributed by atoms with Crippen molar-refractivity contribution in [3.8, 4) is 0 Å². The van der Waals surface area contributed by atoms with Gasteiger partial charge in [0.25, 0.3) is 0 Å². The molecular weight excluding hydrogens is 466 g/mol. The molecular formula is C22H25N3O8S. The highest BCUT2D eigenvalue weighted by Crippen LogP contribution is 2.53. The van der Waals surface area contributed by atoms with Gasteiger partial charge in [-0.3, -0.25) is 14.5 Å². The molecule has 1 aromatic rings. The molecule has 4 rings (SSSR count). The lowest BCUT2D eigenvalue weighted by Gasteiger charge is -2.48. The maximum Gasteiger partial charge on any atom is 0.353 e. The zero-order valence-electron chi connectivity index (χ0n) is 18.4. The number of aliphatic hydroxyl groups is 2. The summed E-state index contributed by atoms with van der Waals surface area (Å²) in [6.07, 6.45) is -0.722. The van der Waals surface area contributed by atoms with E-state index < -0.39 is 47.6 Å². The number of hydrogen-bond acceptors (Lipinski definition) is 8. The molecule has 2 fully saturated rings. The number of amides is 2. The summed E-state index contributed by atoms with van der Waals surface area (Å²) in [4.78, 5) is 49.5. The third-order valence-electron chi connectivity index (χ3n) is 6.42. The van der Waals surface area contributed by atoms with E-state index in [1.165, 1.54) is 32.0 Å². The summed E-state index contributed by atoms with van der Waals surface area (Å²) in [6, 6.07) is 4.37. The van der Waals surface area contributed by atoms with Crippen molar-refractivity contribution in [1.82, 2.24) is 10.2 Å². The molecule has 0 bridgehead atoms. The van der Waals surface area contributed by atoms with E-state index in [9.17, 15) is 34.5 Å². The minimum absolute atomic E-state index is 0.0388. The molecule has 1 aromatic carbocycles. The molecule has 182 valence electrons. The van der Waals surface area contributed by atoms with Crippen LogP contribution in [0.15, 0.2) is 34.9 Å². The third kappa shape index (κ3) is 3.96. The highest BCUT2D eigenvalue weighted by atomic mass is 32.2. The molecule has 3 aliphatic rings. The van der Waals surface area contributed by atoms with Gasteiger partial charge in [0.15, 0.2) is 0 Å². The molecule has 11 nitrogen and oxygen atoms in total. The van der Waals surface area contributed by atoms with Gasteiger partial charge in [0.05, 0.1) is 29.7 Å². The average Bonchev–Trinajstić information content (AvgIpc) is 3.29. The zero-order chi connectivity index (χ0) is 24.9. The van der Waals surface area contributed by atoms with Gasteiger partial charge in [0, 0.05) is 22.4 Å². The number of hydrogen-bond donors (Lipinski definition) is 6. The van der Waals surface area contributed by atoms with Crippen LogP contribution in [0, 0.1) is 5.92 Å². The number of carbonyl (C=O) groups is 4. The second-order valence-corrected chi connectivity index (χ2v) is 10.2. The molecule has 0 radical (unpaired) electrons. The number of rotatable bonds is 7. The quantitative estimate of drug-likeness (QED) is 0.286. The van der Waals surface area contributed by atoms with E-state index in [1.807, 2.05) is 0 Å². The first-order chi connectivity index (χ1) is 15.9. The van der Waals surface area contributed by atoms with Gasteiger partial charge in [-0.25, -0.2) is 9.59 Å². The molecule has 0 aromatic heterocycles. The molecule has 34 heavy (non-hydrogen) atoms. The van der Waals surface area contributed by atoms with Crippen LogP contribution < -0.4 is 10.6 Å². The van der Waals surface area contributed by atoms with Crippen LogP contribution in [0.4, 0.5) is 5.69 Å². The highest BCUT2D eigenvalue weighted by Gasteiger charge is 2.66. The number of anilines is 1. The Morgan fingerprint density at radius 3 is 2.59 bits per heavy atom. The van der Waals surface area contributed by atoms with Crippen LogP contribution in [-0.2, 0) is 14.4 Å². The number of thioether (sulfide) groups is 1. The van der Waals surface area contributed by atoms with Crippen molar-refractivity contribution in [2.45, 2.75) is 49.3 Å². The van der Waals surface area contributed by atoms with E-state index in [1.54, 1.807) is 6.07 Å². The summed E-state index contributed by atoms with van der Waals surface area (Å²) in [7, 11) is 0. The van der Waals surface area contributed by atoms with Crippen molar-refractivity contribution in [2.75, 3.05) is 11.9 Å². The van der Waals surface area contributed by atoms with E-state index in [2.05, 4.69) is 10.6 Å². The Morgan fingerprint density at radius 2 is 1.97 bits per heavy atom. The fourth-order valence-corrected chi connectivity index (χ4v) is 6.27. The minimum atomic E-state index is -1.66. The largest absolute Gasteiger partial charge is 0.478 e. The topological polar surface area (TPSA) is 176 Å². The first-order valence-electron chi connectivity index (χ1n) is 10.7. The number of carboxylic acid groups (broad SMARTS) is 2. The standard InChI is InChI=1S/C22H25N3O8S/c1-9(26)14-16-22(2,33)17(15(21(31)32)25(16)19(14)28)34-12-7-13(23-8-12)18(27)24-11-5-3-4-10(6-11)20(29)30/h3-6,9,12-14,16,23,26,33H,7-8H2,1-2H3,(H,24,27)(H,29,30)(H,31,32)/t9-,12+,13+,14-,16+,22?/m1/s1. The van der Waals surface area contributed by atoms with Crippen LogP contribution in [0.1, 0.15) is 30.6 Å². The normalized spacial score (nSPS) is 31.2. The van der Waals surface area contributed by atoms with Crippen LogP contribution in [0.5, 0.6) is 0 Å². The summed E-state index contributed by atoms with van der Waals surface area (Å²) < 4.78 is 0. The van der Waals surface area contributed by atoms with Crippen LogP contribution in [0.2, 0.25) is 0 Å². The van der Waals surface area contributed by atoms with Crippen LogP contribution in [0.25, 0.3) is 0 Å². The van der Waals surface area contributed by atoms with Gasteiger partial charge in [0.2, 0.25) is 11.8 Å². The van der Waals surface area contributed by atoms with E-state index in [0.717, 1.165) is 16.7 Å². The number of aromatic carboxylic acids is 1. The molecule has 0 saturated carbocycles. The Labute approximate surface area is 198 Å². The zero-order valence-corrected chi connectivity index (χ0v) is 19.2. The summed E-state index contributed by atoms with van der Waals surface area (Å²) in [6.45, 7) is 3.22. The lowest BCUT2D eigenvalue weighted by atomic mass is 9.77. The molecule has 2 amide bonds. The van der Waals surface area contributed by atoms with Crippen LogP contribution in [-0.4, -0.2) is 84.7 Å². The molecule has 0 spiro atoms. The number of fused-ring (bicyclic) bond motifs is 1. The summed E-state index contributed by atoms with van der Waals surface area (Å²) >= 11 is 1.11. The van der Waals surface area contributed by atoms with E-state index in [0.29, 0.717) is 18.7 Å². The number of aliphatic carboxylic acids is 1. The second-order valence-electron chi connectivity index (χ2n) is 8.86. The lowest BCUT2D eigenvalue weighted by molar-refractivity contribution is -0.171. The van der Waals surface area contributed by atoms with E-state index in [4.69, 9.17) is 5.11 Å². The Balaban J connectivity index is 1.47. The predicted octanol–water partition coefficient (Wildman–Crippen LogP) is 0.0556. The summed E-state index contributed by atoms with van der Waals surface area (Å²) in [5.74, 6) is -4.27. The Kier molecular flexibility index (Phi) is 6.19. The van der Waals surface area contributed by atoms with Crippen molar-refractivity contribution in [3.05, 3.63) is 40.4 Å². The molecule has 12 heteroatoms. The molecule has 6 atom stereocenters. The lowest BCUT2D eigenvalue weighted by Crippen LogP contribution is -2.68. The maximum atomic E-state index is 12.7. The van der Waals surface area contributed by atoms with Crippen molar-refractivity contribution in [3.63, 3.8) is 0 Å². The number of carboxylic acids is 2. The van der Waals surface area contributed by atoms with Gasteiger partial charge < -0.3 is 31.1 Å². The third-order valence-corrected chi connectivity index (χ3v) is 7.96. The molecule has 3 aliphatic heterocycles. The summed E-state index contributed by atoms with van der Waals surface area (Å²) in [5.41, 5.74) is -1.58. The first kappa shape index (κ1) is 24.2. The van der Waals surface area contributed by atoms with Crippen LogP contribution >= 0.6 is 11.8 Å². The molecule has 2 saturated heterocycles. The number of nitrogens with zero attached hydrogens (tertiary/aromatic N) is 1. The van der Waals surface area contributed by atoms with Gasteiger partial charge in [0.1, 0.15) is 11.3 Å². The van der Waals surface area contributed by atoms with Crippen molar-refractivity contribution >= 4 is 41.2 Å². The van der Waals surface area contributed by atoms with E-state index in [-0.39, 0.29) is 27.3 Å². The van der Waals surface area contributed by atoms with Crippen molar-refractivity contribution in [1.29, 1.82) is 0 Å². The minimum Gasteiger partial charge on any atom is -0.478 e. The molecule has 0 aliphatic carbocycles. The fraction of sp³-hybridized carbons (Fsp3) is 0.455. The monoisotopic (exact) mass is 491 g/mol. The number of aliphatic hydroxyl groups excluding tert-OH is 1. The Bertz CT molecular complexity index is 1100. The molecule has 1 unspecified atom stereocenters. The molecule has 6 N–H and O–H groups in total. The highest BCUT2D eigenvalue weighted by molar-refractivity contribution is 8.03. The number of benzene rings is 1. The van der Waals surface area contributed by atoms with Gasteiger partial charge in [-0.15, -0.1) is 11.8 Å². The number of carbonyl (C=O) groups excluding carboxylic acids is 2. The second kappa shape index (κ2) is 8.69. The van der Waals surface area contributed by atoms with Crippen LogP contribution in [0.3, 0.4) is 0 Å². The maximum absolute atomic E-state index is 12.7. The number of nitrogens with one attached hydrogen (secondary N) is 2.